The molecule has 0 atom stereocenters. The summed E-state index contributed by atoms with van der Waals surface area (Å²) in [5.74, 6) is -0.201. The molecule has 0 fully saturated rings. The number of fused-ring (bicyclic) bond motifs is 1. The van der Waals surface area contributed by atoms with Crippen molar-refractivity contribution in [3.8, 4) is 0 Å². The minimum atomic E-state index is -0.394. The zero-order valence-corrected chi connectivity index (χ0v) is 10.8. The van der Waals surface area contributed by atoms with Crippen LogP contribution in [0.2, 0.25) is 0 Å². The smallest absolute Gasteiger partial charge is 0.249 e. The fraction of sp³-hybridized carbons (Fsp3) is 0.385. The number of nitrogens with zero attached hydrogens (tertiary/aromatic N) is 2. The molecule has 18 heavy (non-hydrogen) atoms. The van der Waals surface area contributed by atoms with Crippen LogP contribution in [0.5, 0.6) is 0 Å². The molecule has 0 unspecified atom stereocenters. The van der Waals surface area contributed by atoms with E-state index in [0.717, 1.165) is 11.3 Å². The lowest BCUT2D eigenvalue weighted by molar-refractivity contribution is -0.144. The monoisotopic (exact) mass is 247 g/mol. The third-order valence-electron chi connectivity index (χ3n) is 2.23. The van der Waals surface area contributed by atoms with Crippen LogP contribution in [0.25, 0.3) is 5.65 Å². The van der Waals surface area contributed by atoms with Gasteiger partial charge in [0, 0.05) is 12.4 Å². The minimum absolute atomic E-state index is 0.201. The highest BCUT2D eigenvalue weighted by molar-refractivity contribution is 5.77. The van der Waals surface area contributed by atoms with Crippen molar-refractivity contribution in [2.45, 2.75) is 32.8 Å². The van der Waals surface area contributed by atoms with E-state index < -0.39 is 5.60 Å². The molecule has 0 aromatic carbocycles. The highest BCUT2D eigenvalue weighted by Gasteiger charge is 2.14. The van der Waals surface area contributed by atoms with Crippen LogP contribution in [0, 0.1) is 0 Å². The molecule has 0 aliphatic rings. The van der Waals surface area contributed by atoms with Crippen molar-refractivity contribution in [2.24, 2.45) is 0 Å². The lowest BCUT2D eigenvalue weighted by Crippen LogP contribution is -2.34. The van der Waals surface area contributed by atoms with Gasteiger partial charge in [-0.25, -0.2) is 10.5 Å². The van der Waals surface area contributed by atoms with Crippen molar-refractivity contribution >= 4 is 11.6 Å². The Morgan fingerprint density at radius 1 is 1.44 bits per heavy atom. The normalized spacial score (nSPS) is 11.7. The second-order valence-electron chi connectivity index (χ2n) is 5.11. The summed E-state index contributed by atoms with van der Waals surface area (Å²) in [7, 11) is 0. The third-order valence-corrected chi connectivity index (χ3v) is 2.23. The Morgan fingerprint density at radius 2 is 2.22 bits per heavy atom. The van der Waals surface area contributed by atoms with Crippen LogP contribution < -0.4 is 5.48 Å². The quantitative estimate of drug-likeness (QED) is 0.840. The minimum Gasteiger partial charge on any atom is -0.307 e. The molecule has 5 heteroatoms. The molecule has 2 heterocycles. The SMILES string of the molecule is CC(C)(C)ONC(=O)Cc1cn2ccccc2n1. The van der Waals surface area contributed by atoms with Gasteiger partial charge in [-0.05, 0) is 32.9 Å². The standard InChI is InChI=1S/C13H17N3O2/c1-13(2,3)18-15-12(17)8-10-9-16-7-5-4-6-11(16)14-10/h4-7,9H,8H2,1-3H3,(H,15,17). The van der Waals surface area contributed by atoms with E-state index in [1.54, 1.807) is 0 Å². The predicted molar refractivity (Wildman–Crippen MR) is 67.9 cm³/mol. The molecule has 0 saturated heterocycles. The van der Waals surface area contributed by atoms with Crippen LogP contribution in [-0.2, 0) is 16.1 Å². The van der Waals surface area contributed by atoms with Crippen LogP contribution in [0.3, 0.4) is 0 Å². The topological polar surface area (TPSA) is 55.6 Å². The number of amides is 1. The highest BCUT2D eigenvalue weighted by Crippen LogP contribution is 2.06. The molecule has 0 spiro atoms. The molecule has 0 bridgehead atoms. The van der Waals surface area contributed by atoms with Crippen LogP contribution in [0.1, 0.15) is 26.5 Å². The summed E-state index contributed by atoms with van der Waals surface area (Å²) in [5, 5.41) is 0. The summed E-state index contributed by atoms with van der Waals surface area (Å²) >= 11 is 0. The number of nitrogens with one attached hydrogen (secondary N) is 1. The van der Waals surface area contributed by atoms with Gasteiger partial charge in [-0.1, -0.05) is 6.07 Å². The zero-order valence-electron chi connectivity index (χ0n) is 10.8. The number of carbonyl (C=O) groups excluding carboxylic acids is 1. The van der Waals surface area contributed by atoms with Crippen LogP contribution >= 0.6 is 0 Å². The molecule has 1 amide bonds. The summed E-state index contributed by atoms with van der Waals surface area (Å²) < 4.78 is 1.88. The number of carbonyl (C=O) groups is 1. The van der Waals surface area contributed by atoms with Gasteiger partial charge in [0.25, 0.3) is 0 Å². The van der Waals surface area contributed by atoms with Crippen LogP contribution in [-0.4, -0.2) is 20.9 Å². The fourth-order valence-electron chi connectivity index (χ4n) is 1.48. The Kier molecular flexibility index (Phi) is 3.34. The number of hydrogen-bond acceptors (Lipinski definition) is 3. The first-order valence-electron chi connectivity index (χ1n) is 5.83. The van der Waals surface area contributed by atoms with Crippen LogP contribution in [0.15, 0.2) is 30.6 Å². The van der Waals surface area contributed by atoms with Gasteiger partial charge < -0.3 is 4.40 Å². The molecular weight excluding hydrogens is 230 g/mol. The average molecular weight is 247 g/mol. The first-order valence-corrected chi connectivity index (χ1v) is 5.83. The molecule has 0 aliphatic heterocycles. The van der Waals surface area contributed by atoms with Gasteiger partial charge in [-0.2, -0.15) is 0 Å². The van der Waals surface area contributed by atoms with Gasteiger partial charge in [0.05, 0.1) is 17.7 Å². The first-order chi connectivity index (χ1) is 8.44. The summed E-state index contributed by atoms with van der Waals surface area (Å²) in [5.41, 5.74) is 3.58. The Balaban J connectivity index is 1.99. The average Bonchev–Trinajstić information content (AvgIpc) is 2.67. The van der Waals surface area contributed by atoms with E-state index in [1.807, 2.05) is 55.8 Å². The van der Waals surface area contributed by atoms with E-state index in [1.165, 1.54) is 0 Å². The molecule has 0 aliphatic carbocycles. The Bertz CT molecular complexity index is 522. The molecule has 2 aromatic heterocycles. The second kappa shape index (κ2) is 4.78. The summed E-state index contributed by atoms with van der Waals surface area (Å²) in [4.78, 5) is 21.2. The molecule has 5 nitrogen and oxygen atoms in total. The first kappa shape index (κ1) is 12.6. The van der Waals surface area contributed by atoms with Gasteiger partial charge in [0.15, 0.2) is 0 Å². The maximum atomic E-state index is 11.7. The van der Waals surface area contributed by atoms with E-state index >= 15 is 0 Å². The van der Waals surface area contributed by atoms with Gasteiger partial charge >= 0.3 is 0 Å². The predicted octanol–water partition coefficient (Wildman–Crippen LogP) is 1.72. The number of aromatic nitrogens is 2. The van der Waals surface area contributed by atoms with E-state index in [-0.39, 0.29) is 12.3 Å². The molecule has 1 N–H and O–H groups in total. The lowest BCUT2D eigenvalue weighted by Gasteiger charge is -2.18. The van der Waals surface area contributed by atoms with Crippen molar-refractivity contribution in [1.29, 1.82) is 0 Å². The molecular formula is C13H17N3O2. The number of hydrogen-bond donors (Lipinski definition) is 1. The largest absolute Gasteiger partial charge is 0.307 e. The molecule has 2 aromatic rings. The van der Waals surface area contributed by atoms with Crippen molar-refractivity contribution in [2.75, 3.05) is 0 Å². The summed E-state index contributed by atoms with van der Waals surface area (Å²) in [6, 6.07) is 5.73. The van der Waals surface area contributed by atoms with Crippen molar-refractivity contribution < 1.29 is 9.63 Å². The Labute approximate surface area is 106 Å². The van der Waals surface area contributed by atoms with E-state index in [2.05, 4.69) is 10.5 Å². The zero-order chi connectivity index (χ0) is 13.2. The van der Waals surface area contributed by atoms with E-state index in [4.69, 9.17) is 4.84 Å². The van der Waals surface area contributed by atoms with Gasteiger partial charge in [-0.15, -0.1) is 0 Å². The van der Waals surface area contributed by atoms with Gasteiger partial charge in [0.1, 0.15) is 5.65 Å². The number of imidazole rings is 1. The third kappa shape index (κ3) is 3.30. The maximum Gasteiger partial charge on any atom is 0.249 e. The highest BCUT2D eigenvalue weighted by atomic mass is 16.7. The Hall–Kier alpha value is -1.88. The number of pyridine rings is 1. The van der Waals surface area contributed by atoms with E-state index in [0.29, 0.717) is 0 Å². The summed E-state index contributed by atoms with van der Waals surface area (Å²) in [6.07, 6.45) is 3.94. The maximum absolute atomic E-state index is 11.7. The number of rotatable bonds is 3. The molecule has 0 saturated carbocycles. The van der Waals surface area contributed by atoms with Crippen LogP contribution in [0.4, 0.5) is 0 Å². The van der Waals surface area contributed by atoms with Crippen molar-refractivity contribution in [1.82, 2.24) is 14.9 Å². The summed E-state index contributed by atoms with van der Waals surface area (Å²) in [6.45, 7) is 5.62. The number of hydroxylamine groups is 1. The van der Waals surface area contributed by atoms with Crippen molar-refractivity contribution in [3.05, 3.63) is 36.3 Å². The van der Waals surface area contributed by atoms with Gasteiger partial charge in [0.2, 0.25) is 5.91 Å². The van der Waals surface area contributed by atoms with E-state index in [9.17, 15) is 4.79 Å². The fourth-order valence-corrected chi connectivity index (χ4v) is 1.48. The van der Waals surface area contributed by atoms with Gasteiger partial charge in [-0.3, -0.25) is 9.63 Å². The molecule has 2 rings (SSSR count). The van der Waals surface area contributed by atoms with Crippen molar-refractivity contribution in [3.63, 3.8) is 0 Å². The molecule has 96 valence electrons. The second-order valence-corrected chi connectivity index (χ2v) is 5.11. The lowest BCUT2D eigenvalue weighted by atomic mass is 10.2. The molecule has 0 radical (unpaired) electrons. The Morgan fingerprint density at radius 3 is 2.89 bits per heavy atom.